The van der Waals surface area contributed by atoms with Crippen LogP contribution in [0.4, 0.5) is 5.69 Å². The van der Waals surface area contributed by atoms with Crippen LogP contribution < -0.4 is 9.47 Å². The molecule has 0 atom stereocenters. The minimum Gasteiger partial charge on any atom is -0.493 e. The largest absolute Gasteiger partial charge is 0.493 e. The van der Waals surface area contributed by atoms with Gasteiger partial charge in [0.05, 0.1) is 19.1 Å². The molecule has 1 aromatic carbocycles. The molecule has 18 heavy (non-hydrogen) atoms. The monoisotopic (exact) mass is 251 g/mol. The highest BCUT2D eigenvalue weighted by Crippen LogP contribution is 2.43. The lowest BCUT2D eigenvalue weighted by Gasteiger charge is -2.18. The number of nitro benzene ring substituents is 1. The third kappa shape index (κ3) is 1.90. The lowest BCUT2D eigenvalue weighted by molar-refractivity contribution is -0.386. The molecule has 2 rings (SSSR count). The van der Waals surface area contributed by atoms with Crippen LogP contribution in [0.25, 0.3) is 0 Å². The van der Waals surface area contributed by atoms with Gasteiger partial charge in [-0.05, 0) is 18.1 Å². The summed E-state index contributed by atoms with van der Waals surface area (Å²) in [5.74, 6) is 0.422. The Labute approximate surface area is 104 Å². The van der Waals surface area contributed by atoms with Gasteiger partial charge in [0.1, 0.15) is 5.78 Å². The Hall–Kier alpha value is -2.11. The molecule has 0 N–H and O–H groups in total. The molecule has 0 heterocycles. The number of methoxy groups -OCH3 is 2. The zero-order chi connectivity index (χ0) is 13.3. The van der Waals surface area contributed by atoms with E-state index in [0.717, 1.165) is 5.56 Å². The normalized spacial score (nSPS) is 14.0. The van der Waals surface area contributed by atoms with Crippen molar-refractivity contribution in [2.75, 3.05) is 14.2 Å². The molecule has 1 aliphatic carbocycles. The number of hydrogen-bond acceptors (Lipinski definition) is 5. The van der Waals surface area contributed by atoms with E-state index in [1.54, 1.807) is 6.07 Å². The second-order valence-corrected chi connectivity index (χ2v) is 4.07. The average Bonchev–Trinajstić information content (AvgIpc) is 2.35. The number of benzene rings is 1. The van der Waals surface area contributed by atoms with Gasteiger partial charge < -0.3 is 9.47 Å². The van der Waals surface area contributed by atoms with E-state index in [9.17, 15) is 14.9 Å². The molecule has 0 aliphatic heterocycles. The molecule has 1 aliphatic rings. The highest BCUT2D eigenvalue weighted by Gasteiger charge is 2.31. The number of nitro groups is 1. The van der Waals surface area contributed by atoms with E-state index < -0.39 is 4.92 Å². The second-order valence-electron chi connectivity index (χ2n) is 4.07. The maximum atomic E-state index is 11.5. The lowest BCUT2D eigenvalue weighted by Crippen LogP contribution is -2.16. The van der Waals surface area contributed by atoms with Gasteiger partial charge >= 0.3 is 5.69 Å². The van der Waals surface area contributed by atoms with Gasteiger partial charge in [0.2, 0.25) is 5.75 Å². The first-order chi connectivity index (χ1) is 8.58. The Bertz CT molecular complexity index is 524. The zero-order valence-corrected chi connectivity index (χ0v) is 10.2. The number of ether oxygens (including phenoxy) is 2. The molecule has 1 aromatic rings. The number of Topliss-reactive ketones (excluding diaryl/α,β-unsaturated/α-hetero) is 1. The quantitative estimate of drug-likeness (QED) is 0.603. The van der Waals surface area contributed by atoms with Crippen molar-refractivity contribution in [3.8, 4) is 11.5 Å². The third-order valence-corrected chi connectivity index (χ3v) is 3.07. The summed E-state index contributed by atoms with van der Waals surface area (Å²) in [6.07, 6.45) is 1.01. The van der Waals surface area contributed by atoms with Crippen LogP contribution in [-0.2, 0) is 17.6 Å². The van der Waals surface area contributed by atoms with Crippen LogP contribution in [0.15, 0.2) is 6.07 Å². The molecular formula is C12H13NO5. The maximum absolute atomic E-state index is 11.5. The number of carbonyl (C=O) groups is 1. The van der Waals surface area contributed by atoms with Gasteiger partial charge in [0.15, 0.2) is 5.75 Å². The van der Waals surface area contributed by atoms with Crippen LogP contribution in [0.2, 0.25) is 0 Å². The molecule has 0 fully saturated rings. The average molecular weight is 251 g/mol. The van der Waals surface area contributed by atoms with Crippen LogP contribution in [0.5, 0.6) is 11.5 Å². The summed E-state index contributed by atoms with van der Waals surface area (Å²) in [5, 5.41) is 11.2. The highest BCUT2D eigenvalue weighted by molar-refractivity contribution is 5.86. The summed E-state index contributed by atoms with van der Waals surface area (Å²) < 4.78 is 10.2. The number of fused-ring (bicyclic) bond motifs is 1. The first kappa shape index (κ1) is 12.3. The Morgan fingerprint density at radius 2 is 2.00 bits per heavy atom. The minimum atomic E-state index is -0.515. The molecule has 6 nitrogen and oxygen atoms in total. The van der Waals surface area contributed by atoms with E-state index in [0.29, 0.717) is 24.2 Å². The number of nitrogens with zero attached hydrogens (tertiary/aromatic N) is 1. The van der Waals surface area contributed by atoms with Crippen molar-refractivity contribution in [3.63, 3.8) is 0 Å². The summed E-state index contributed by atoms with van der Waals surface area (Å²) in [7, 11) is 2.78. The zero-order valence-electron chi connectivity index (χ0n) is 10.2. The van der Waals surface area contributed by atoms with Gasteiger partial charge in [-0.3, -0.25) is 14.9 Å². The predicted molar refractivity (Wildman–Crippen MR) is 63.2 cm³/mol. The fourth-order valence-corrected chi connectivity index (χ4v) is 2.24. The van der Waals surface area contributed by atoms with Crippen molar-refractivity contribution in [3.05, 3.63) is 27.3 Å². The summed E-state index contributed by atoms with van der Waals surface area (Å²) in [4.78, 5) is 22.1. The number of ketones is 1. The summed E-state index contributed by atoms with van der Waals surface area (Å²) in [5.41, 5.74) is 1.09. The maximum Gasteiger partial charge on any atom is 0.318 e. The molecule has 6 heteroatoms. The van der Waals surface area contributed by atoms with Crippen molar-refractivity contribution in [1.29, 1.82) is 0 Å². The first-order valence-electron chi connectivity index (χ1n) is 5.51. The van der Waals surface area contributed by atoms with Gasteiger partial charge in [-0.15, -0.1) is 0 Å². The molecule has 0 unspecified atom stereocenters. The first-order valence-corrected chi connectivity index (χ1v) is 5.51. The molecule has 0 bridgehead atoms. The third-order valence-electron chi connectivity index (χ3n) is 3.07. The topological polar surface area (TPSA) is 78.7 Å². The van der Waals surface area contributed by atoms with Crippen LogP contribution in [0, 0.1) is 10.1 Å². The van der Waals surface area contributed by atoms with Gasteiger partial charge in [0, 0.05) is 18.4 Å². The summed E-state index contributed by atoms with van der Waals surface area (Å²) in [6, 6.07) is 1.72. The van der Waals surface area contributed by atoms with Gasteiger partial charge in [0.25, 0.3) is 0 Å². The van der Waals surface area contributed by atoms with E-state index in [-0.39, 0.29) is 23.6 Å². The van der Waals surface area contributed by atoms with Crippen LogP contribution >= 0.6 is 0 Å². The Kier molecular flexibility index (Phi) is 3.18. The smallest absolute Gasteiger partial charge is 0.318 e. The van der Waals surface area contributed by atoms with E-state index >= 15 is 0 Å². The van der Waals surface area contributed by atoms with E-state index in [1.165, 1.54) is 14.2 Å². The fraction of sp³-hybridized carbons (Fsp3) is 0.417. The van der Waals surface area contributed by atoms with Gasteiger partial charge in [-0.25, -0.2) is 0 Å². The molecule has 0 radical (unpaired) electrons. The SMILES string of the molecule is COc1cc2c(c([N+](=O)[O-])c1OC)CC(=O)CC2. The van der Waals surface area contributed by atoms with E-state index in [1.807, 2.05) is 0 Å². The number of aryl methyl sites for hydroxylation is 1. The summed E-state index contributed by atoms with van der Waals surface area (Å²) >= 11 is 0. The molecule has 0 saturated carbocycles. The van der Waals surface area contributed by atoms with E-state index in [4.69, 9.17) is 9.47 Å². The number of rotatable bonds is 3. The summed E-state index contributed by atoms with van der Waals surface area (Å²) in [6.45, 7) is 0. The Morgan fingerprint density at radius 3 is 2.56 bits per heavy atom. The molecule has 0 spiro atoms. The standard InChI is InChI=1S/C12H13NO5/c1-17-10-5-7-3-4-8(14)6-9(7)11(13(15)16)12(10)18-2/h5H,3-4,6H2,1-2H3. The van der Waals surface area contributed by atoms with Gasteiger partial charge in [-0.2, -0.15) is 0 Å². The van der Waals surface area contributed by atoms with Gasteiger partial charge in [-0.1, -0.05) is 0 Å². The minimum absolute atomic E-state index is 0.0119. The molecule has 0 aromatic heterocycles. The number of hydrogen-bond donors (Lipinski definition) is 0. The second kappa shape index (κ2) is 4.64. The van der Waals surface area contributed by atoms with Crippen molar-refractivity contribution in [2.45, 2.75) is 19.3 Å². The predicted octanol–water partition coefficient (Wildman–Crippen LogP) is 1.67. The van der Waals surface area contributed by atoms with Crippen LogP contribution in [0.1, 0.15) is 17.5 Å². The van der Waals surface area contributed by atoms with Crippen molar-refractivity contribution in [1.82, 2.24) is 0 Å². The Morgan fingerprint density at radius 1 is 1.28 bits per heavy atom. The van der Waals surface area contributed by atoms with Crippen molar-refractivity contribution in [2.24, 2.45) is 0 Å². The molecule has 0 amide bonds. The lowest BCUT2D eigenvalue weighted by atomic mass is 9.89. The molecule has 96 valence electrons. The number of carbonyl (C=O) groups excluding carboxylic acids is 1. The van der Waals surface area contributed by atoms with Crippen LogP contribution in [0.3, 0.4) is 0 Å². The molecule has 0 saturated heterocycles. The Balaban J connectivity index is 2.71. The molecular weight excluding hydrogens is 238 g/mol. The van der Waals surface area contributed by atoms with Crippen molar-refractivity contribution >= 4 is 11.5 Å². The fourth-order valence-electron chi connectivity index (χ4n) is 2.24. The van der Waals surface area contributed by atoms with E-state index in [2.05, 4.69) is 0 Å². The van der Waals surface area contributed by atoms with Crippen molar-refractivity contribution < 1.29 is 19.2 Å². The highest BCUT2D eigenvalue weighted by atomic mass is 16.6. The van der Waals surface area contributed by atoms with Crippen LogP contribution in [-0.4, -0.2) is 24.9 Å².